The molecule has 0 aliphatic carbocycles. The molecule has 5 amide bonds. The number of carbonyl (C=O) groups excluding carboxylic acids is 5. The molecule has 1 fully saturated rings. The van der Waals surface area contributed by atoms with Crippen LogP contribution in [0.15, 0.2) is 48.5 Å². The largest absolute Gasteiger partial charge is 0.454 e. The molecule has 4 rings (SSSR count). The van der Waals surface area contributed by atoms with Crippen molar-refractivity contribution in [3.63, 3.8) is 0 Å². The molecule has 2 aromatic rings. The lowest BCUT2D eigenvalue weighted by atomic mass is 10.0. The van der Waals surface area contributed by atoms with Crippen LogP contribution in [0, 0.1) is 5.92 Å². The van der Waals surface area contributed by atoms with Gasteiger partial charge in [-0.05, 0) is 42.5 Å². The van der Waals surface area contributed by atoms with Crippen molar-refractivity contribution in [1.29, 1.82) is 0 Å². The summed E-state index contributed by atoms with van der Waals surface area (Å²) in [6.07, 6.45) is 0.635. The highest BCUT2D eigenvalue weighted by Crippen LogP contribution is 2.32. The van der Waals surface area contributed by atoms with Crippen molar-refractivity contribution in [3.8, 4) is 11.5 Å². The topological polar surface area (TPSA) is 146 Å². The number of nitrogens with zero attached hydrogens (tertiary/aromatic N) is 2. The van der Waals surface area contributed by atoms with Crippen LogP contribution in [0.25, 0.3) is 0 Å². The second-order valence-electron chi connectivity index (χ2n) is 11.5. The average molecular weight is 608 g/mol. The maximum atomic E-state index is 13.6. The number of fused-ring (bicyclic) bond motifs is 1. The normalized spacial score (nSPS) is 22.0. The second kappa shape index (κ2) is 14.7. The van der Waals surface area contributed by atoms with E-state index in [0.29, 0.717) is 23.5 Å². The standard InChI is InChI=1S/C32H41N5O7/c1-20(2)29-32(42)36(4)18-27(38)34-24(15-22-9-6-5-7-10-22)31(41)33-13-8-14-37(21(3)30(40)35-29)28(39)17-23-11-12-25-26(16-23)44-19-43-25/h5-7,9-12,16,20-21,24,29H,8,13-15,17-19H2,1-4H3,(H,33,41)(H,34,38)(H,35,40)/t21-,24+,29+/m1/s1. The van der Waals surface area contributed by atoms with Crippen molar-refractivity contribution >= 4 is 29.5 Å². The molecule has 3 N–H and O–H groups in total. The van der Waals surface area contributed by atoms with Crippen LogP contribution in [-0.2, 0) is 36.8 Å². The minimum absolute atomic E-state index is 0.0150. The van der Waals surface area contributed by atoms with Crippen molar-refractivity contribution in [1.82, 2.24) is 25.8 Å². The first kappa shape index (κ1) is 32.3. The quantitative estimate of drug-likeness (QED) is 0.460. The summed E-state index contributed by atoms with van der Waals surface area (Å²) < 4.78 is 10.8. The van der Waals surface area contributed by atoms with Crippen LogP contribution in [0.1, 0.15) is 38.3 Å². The number of hydrogen-bond acceptors (Lipinski definition) is 7. The Labute approximate surface area is 257 Å². The molecule has 2 aromatic carbocycles. The fraction of sp³-hybridized carbons (Fsp3) is 0.469. The van der Waals surface area contributed by atoms with Crippen LogP contribution >= 0.6 is 0 Å². The predicted molar refractivity (Wildman–Crippen MR) is 162 cm³/mol. The Bertz CT molecular complexity index is 1370. The zero-order chi connectivity index (χ0) is 31.8. The van der Waals surface area contributed by atoms with Gasteiger partial charge in [0.05, 0.1) is 13.0 Å². The summed E-state index contributed by atoms with van der Waals surface area (Å²) >= 11 is 0. The van der Waals surface area contributed by atoms with E-state index in [1.165, 1.54) is 16.8 Å². The third kappa shape index (κ3) is 8.27. The van der Waals surface area contributed by atoms with E-state index in [1.807, 2.05) is 30.3 Å². The highest BCUT2D eigenvalue weighted by Gasteiger charge is 2.33. The van der Waals surface area contributed by atoms with Gasteiger partial charge in [-0.25, -0.2) is 0 Å². The molecule has 0 bridgehead atoms. The summed E-state index contributed by atoms with van der Waals surface area (Å²) in [7, 11) is 1.48. The van der Waals surface area contributed by atoms with Crippen LogP contribution in [0.2, 0.25) is 0 Å². The van der Waals surface area contributed by atoms with Gasteiger partial charge in [0.15, 0.2) is 11.5 Å². The smallest absolute Gasteiger partial charge is 0.245 e. The lowest BCUT2D eigenvalue weighted by Crippen LogP contribution is -2.58. The number of hydrogen-bond donors (Lipinski definition) is 3. The van der Waals surface area contributed by atoms with Crippen molar-refractivity contribution in [2.75, 3.05) is 33.5 Å². The molecule has 3 atom stereocenters. The zero-order valence-corrected chi connectivity index (χ0v) is 25.6. The van der Waals surface area contributed by atoms with Crippen LogP contribution in [0.3, 0.4) is 0 Å². The molecule has 12 nitrogen and oxygen atoms in total. The summed E-state index contributed by atoms with van der Waals surface area (Å²) in [5.41, 5.74) is 1.56. The third-order valence-corrected chi connectivity index (χ3v) is 7.76. The lowest BCUT2D eigenvalue weighted by Gasteiger charge is -2.32. The fourth-order valence-corrected chi connectivity index (χ4v) is 5.20. The molecular formula is C32H41N5O7. The first-order valence-corrected chi connectivity index (χ1v) is 14.9. The molecule has 0 radical (unpaired) electrons. The van der Waals surface area contributed by atoms with Crippen LogP contribution in [0.4, 0.5) is 0 Å². The average Bonchev–Trinajstić information content (AvgIpc) is 3.46. The van der Waals surface area contributed by atoms with E-state index in [1.54, 1.807) is 39.0 Å². The van der Waals surface area contributed by atoms with Crippen LogP contribution in [0.5, 0.6) is 11.5 Å². The van der Waals surface area contributed by atoms with Gasteiger partial charge in [0.2, 0.25) is 36.3 Å². The Morgan fingerprint density at radius 2 is 1.68 bits per heavy atom. The molecule has 0 saturated carbocycles. The van der Waals surface area contributed by atoms with Crippen LogP contribution in [-0.4, -0.2) is 90.9 Å². The van der Waals surface area contributed by atoms with Crippen LogP contribution < -0.4 is 25.4 Å². The Morgan fingerprint density at radius 3 is 2.41 bits per heavy atom. The van der Waals surface area contributed by atoms with E-state index in [2.05, 4.69) is 16.0 Å². The second-order valence-corrected chi connectivity index (χ2v) is 11.5. The van der Waals surface area contributed by atoms with E-state index in [9.17, 15) is 24.0 Å². The van der Waals surface area contributed by atoms with Gasteiger partial charge in [0, 0.05) is 26.6 Å². The highest BCUT2D eigenvalue weighted by molar-refractivity contribution is 5.94. The van der Waals surface area contributed by atoms with Gasteiger partial charge in [-0.3, -0.25) is 24.0 Å². The van der Waals surface area contributed by atoms with Gasteiger partial charge in [-0.2, -0.15) is 0 Å². The molecule has 0 unspecified atom stereocenters. The monoisotopic (exact) mass is 607 g/mol. The first-order chi connectivity index (χ1) is 21.0. The summed E-state index contributed by atoms with van der Waals surface area (Å²) in [5, 5.41) is 8.43. The Kier molecular flexibility index (Phi) is 10.8. The van der Waals surface area contributed by atoms with Gasteiger partial charge in [-0.1, -0.05) is 50.2 Å². The van der Waals surface area contributed by atoms with E-state index in [0.717, 1.165) is 5.56 Å². The van der Waals surface area contributed by atoms with Gasteiger partial charge in [0.1, 0.15) is 18.1 Å². The van der Waals surface area contributed by atoms with Gasteiger partial charge < -0.3 is 35.2 Å². The summed E-state index contributed by atoms with van der Waals surface area (Å²) in [4.78, 5) is 69.4. The molecule has 1 saturated heterocycles. The number of ether oxygens (including phenoxy) is 2. The Balaban J connectivity index is 1.56. The van der Waals surface area contributed by atoms with Crippen molar-refractivity contribution in [2.24, 2.45) is 5.92 Å². The Hall–Kier alpha value is -4.61. The minimum atomic E-state index is -0.926. The number of benzene rings is 2. The molecule has 2 aliphatic rings. The maximum absolute atomic E-state index is 13.6. The van der Waals surface area contributed by atoms with Gasteiger partial charge >= 0.3 is 0 Å². The number of carbonyl (C=O) groups is 5. The molecule has 2 aliphatic heterocycles. The number of rotatable bonds is 5. The molecule has 44 heavy (non-hydrogen) atoms. The first-order valence-electron chi connectivity index (χ1n) is 14.9. The molecule has 2 heterocycles. The maximum Gasteiger partial charge on any atom is 0.245 e. The fourth-order valence-electron chi connectivity index (χ4n) is 5.20. The van der Waals surface area contributed by atoms with Crippen molar-refractivity contribution in [2.45, 2.75) is 58.2 Å². The zero-order valence-electron chi connectivity index (χ0n) is 25.6. The van der Waals surface area contributed by atoms with Crippen molar-refractivity contribution in [3.05, 3.63) is 59.7 Å². The summed E-state index contributed by atoms with van der Waals surface area (Å²) in [6.45, 7) is 5.41. The van der Waals surface area contributed by atoms with Crippen molar-refractivity contribution < 1.29 is 33.4 Å². The van der Waals surface area contributed by atoms with E-state index in [-0.39, 0.29) is 57.0 Å². The third-order valence-electron chi connectivity index (χ3n) is 7.76. The van der Waals surface area contributed by atoms with E-state index < -0.39 is 35.8 Å². The van der Waals surface area contributed by atoms with Gasteiger partial charge in [-0.15, -0.1) is 0 Å². The Morgan fingerprint density at radius 1 is 0.955 bits per heavy atom. The van der Waals surface area contributed by atoms with E-state index in [4.69, 9.17) is 9.47 Å². The lowest BCUT2D eigenvalue weighted by molar-refractivity contribution is -0.143. The number of likely N-dealkylation sites (N-methyl/N-ethyl adjacent to an activating group) is 1. The molecule has 12 heteroatoms. The predicted octanol–water partition coefficient (Wildman–Crippen LogP) is 1.02. The molecule has 236 valence electrons. The highest BCUT2D eigenvalue weighted by atomic mass is 16.7. The van der Waals surface area contributed by atoms with Gasteiger partial charge in [0.25, 0.3) is 0 Å². The number of nitrogens with one attached hydrogen (secondary N) is 3. The molecule has 0 spiro atoms. The van der Waals surface area contributed by atoms with E-state index >= 15 is 0 Å². The minimum Gasteiger partial charge on any atom is -0.454 e. The number of amides is 5. The molecular weight excluding hydrogens is 566 g/mol. The molecule has 0 aromatic heterocycles. The summed E-state index contributed by atoms with van der Waals surface area (Å²) in [5.74, 6) is -1.26. The summed E-state index contributed by atoms with van der Waals surface area (Å²) in [6, 6.07) is 11.9. The SMILES string of the molecule is CC(C)[C@@H]1NC(=O)[C@@H](C)N(C(=O)Cc2ccc3c(c2)OCO3)CCCNC(=O)[C@H](Cc2ccccc2)NC(=O)CN(C)C1=O.